The Labute approximate surface area is 205 Å². The first-order valence-electron chi connectivity index (χ1n) is 12.3. The zero-order valence-corrected chi connectivity index (χ0v) is 19.9. The quantitative estimate of drug-likeness (QED) is 0.286. The maximum atomic E-state index is 12.7. The van der Waals surface area contributed by atoms with E-state index in [4.69, 9.17) is 4.98 Å². The van der Waals surface area contributed by atoms with Crippen LogP contribution < -0.4 is 10.6 Å². The minimum Gasteiger partial charge on any atom is -0.338 e. The summed E-state index contributed by atoms with van der Waals surface area (Å²) in [7, 11) is 0. The number of carbonyl (C=O) groups excluding carboxylic acids is 2. The molecule has 6 nitrogen and oxygen atoms in total. The lowest BCUT2D eigenvalue weighted by Gasteiger charge is -2.14. The average molecular weight is 467 g/mol. The van der Waals surface area contributed by atoms with Crippen LogP contribution in [0, 0.1) is 12.8 Å². The van der Waals surface area contributed by atoms with Gasteiger partial charge in [0.05, 0.1) is 11.0 Å². The zero-order chi connectivity index (χ0) is 24.2. The molecule has 1 fully saturated rings. The number of rotatable bonds is 5. The van der Waals surface area contributed by atoms with Gasteiger partial charge in [-0.15, -0.1) is 0 Å². The third-order valence-corrected chi connectivity index (χ3v) is 6.71. The maximum Gasteiger partial charge on any atom is 0.255 e. The van der Waals surface area contributed by atoms with Crippen LogP contribution in [0.2, 0.25) is 0 Å². The minimum atomic E-state index is -0.139. The van der Waals surface area contributed by atoms with Gasteiger partial charge in [-0.25, -0.2) is 4.98 Å². The Hall–Kier alpha value is -3.93. The molecule has 178 valence electrons. The molecule has 6 heteroatoms. The van der Waals surface area contributed by atoms with Crippen LogP contribution in [0.3, 0.4) is 0 Å². The molecule has 1 aliphatic carbocycles. The summed E-state index contributed by atoms with van der Waals surface area (Å²) >= 11 is 0. The van der Waals surface area contributed by atoms with E-state index in [0.717, 1.165) is 65.0 Å². The molecule has 0 unspecified atom stereocenters. The molecule has 3 aromatic carbocycles. The standard InChI is InChI=1S/C29H30N4O2/c1-19-8-10-22(11-9-19)29(35)30-23-14-12-20(13-15-23)27-32-25-17-16-24(18-26(25)33-27)31-28(34)21-6-4-2-3-5-7-21/h8-18,21H,2-7H2,1H3,(H,30,35)(H,31,34)(H,32,33). The number of amides is 2. The summed E-state index contributed by atoms with van der Waals surface area (Å²) in [6, 6.07) is 20.9. The predicted molar refractivity (Wildman–Crippen MR) is 140 cm³/mol. The molecule has 0 atom stereocenters. The van der Waals surface area contributed by atoms with Crippen molar-refractivity contribution in [1.82, 2.24) is 9.97 Å². The fourth-order valence-electron chi connectivity index (χ4n) is 4.63. The van der Waals surface area contributed by atoms with Crippen LogP contribution in [-0.4, -0.2) is 21.8 Å². The first kappa shape index (κ1) is 22.8. The molecular weight excluding hydrogens is 436 g/mol. The third kappa shape index (κ3) is 5.43. The second-order valence-electron chi connectivity index (χ2n) is 9.39. The number of aromatic nitrogens is 2. The molecule has 5 rings (SSSR count). The van der Waals surface area contributed by atoms with Crippen molar-refractivity contribution >= 4 is 34.2 Å². The van der Waals surface area contributed by atoms with Gasteiger partial charge in [-0.1, -0.05) is 43.4 Å². The van der Waals surface area contributed by atoms with Crippen molar-refractivity contribution in [2.75, 3.05) is 10.6 Å². The van der Waals surface area contributed by atoms with E-state index in [1.807, 2.05) is 73.7 Å². The number of hydrogen-bond acceptors (Lipinski definition) is 3. The average Bonchev–Trinajstić information content (AvgIpc) is 3.09. The topological polar surface area (TPSA) is 86.9 Å². The smallest absolute Gasteiger partial charge is 0.255 e. The SMILES string of the molecule is Cc1ccc(C(=O)Nc2ccc(-c3nc4ccc(NC(=O)C5CCCCCC5)cc4[nH]3)cc2)cc1. The van der Waals surface area contributed by atoms with E-state index in [1.165, 1.54) is 12.8 Å². The molecule has 35 heavy (non-hydrogen) atoms. The van der Waals surface area contributed by atoms with Crippen LogP contribution >= 0.6 is 0 Å². The van der Waals surface area contributed by atoms with Crippen molar-refractivity contribution in [1.29, 1.82) is 0 Å². The van der Waals surface area contributed by atoms with E-state index in [0.29, 0.717) is 5.56 Å². The monoisotopic (exact) mass is 466 g/mol. The zero-order valence-electron chi connectivity index (χ0n) is 19.9. The second-order valence-corrected chi connectivity index (χ2v) is 9.39. The van der Waals surface area contributed by atoms with E-state index in [9.17, 15) is 9.59 Å². The van der Waals surface area contributed by atoms with E-state index < -0.39 is 0 Å². The Bertz CT molecular complexity index is 1330. The van der Waals surface area contributed by atoms with Gasteiger partial charge < -0.3 is 15.6 Å². The molecular formula is C29H30N4O2. The van der Waals surface area contributed by atoms with Crippen molar-refractivity contribution in [3.63, 3.8) is 0 Å². The first-order valence-corrected chi connectivity index (χ1v) is 12.3. The highest BCUT2D eigenvalue weighted by atomic mass is 16.2. The number of imidazole rings is 1. The maximum absolute atomic E-state index is 12.7. The fourth-order valence-corrected chi connectivity index (χ4v) is 4.63. The largest absolute Gasteiger partial charge is 0.338 e. The van der Waals surface area contributed by atoms with Crippen LogP contribution in [0.4, 0.5) is 11.4 Å². The highest BCUT2D eigenvalue weighted by Crippen LogP contribution is 2.27. The van der Waals surface area contributed by atoms with Crippen molar-refractivity contribution in [3.05, 3.63) is 77.9 Å². The number of aryl methyl sites for hydroxylation is 1. The van der Waals surface area contributed by atoms with Gasteiger partial charge in [0, 0.05) is 28.4 Å². The number of aromatic amines is 1. The summed E-state index contributed by atoms with van der Waals surface area (Å²) in [5.74, 6) is 0.827. The number of nitrogens with one attached hydrogen (secondary N) is 3. The molecule has 1 saturated carbocycles. The molecule has 3 N–H and O–H groups in total. The summed E-state index contributed by atoms with van der Waals surface area (Å²) in [6.07, 6.45) is 6.68. The van der Waals surface area contributed by atoms with Gasteiger partial charge >= 0.3 is 0 Å². The van der Waals surface area contributed by atoms with Gasteiger partial charge in [0.15, 0.2) is 0 Å². The fraction of sp³-hybridized carbons (Fsp3) is 0.276. The molecule has 0 saturated heterocycles. The van der Waals surface area contributed by atoms with Gasteiger partial charge in [-0.3, -0.25) is 9.59 Å². The van der Waals surface area contributed by atoms with Gasteiger partial charge in [-0.05, 0) is 74.4 Å². The van der Waals surface area contributed by atoms with Gasteiger partial charge in [0.1, 0.15) is 5.82 Å². The molecule has 2 amide bonds. The number of carbonyl (C=O) groups is 2. The van der Waals surface area contributed by atoms with Crippen molar-refractivity contribution in [2.24, 2.45) is 5.92 Å². The highest BCUT2D eigenvalue weighted by Gasteiger charge is 2.20. The van der Waals surface area contributed by atoms with Crippen molar-refractivity contribution in [3.8, 4) is 11.4 Å². The van der Waals surface area contributed by atoms with Crippen LogP contribution in [0.25, 0.3) is 22.4 Å². The van der Waals surface area contributed by atoms with E-state index in [1.54, 1.807) is 0 Å². The summed E-state index contributed by atoms with van der Waals surface area (Å²) in [5, 5.41) is 6.03. The summed E-state index contributed by atoms with van der Waals surface area (Å²) in [6.45, 7) is 1.99. The van der Waals surface area contributed by atoms with Crippen LogP contribution in [0.1, 0.15) is 54.4 Å². The Balaban J connectivity index is 1.27. The highest BCUT2D eigenvalue weighted by molar-refractivity contribution is 6.04. The lowest BCUT2D eigenvalue weighted by molar-refractivity contribution is -0.120. The first-order chi connectivity index (χ1) is 17.0. The normalized spacial score (nSPS) is 14.4. The molecule has 0 aliphatic heterocycles. The molecule has 0 radical (unpaired) electrons. The van der Waals surface area contributed by atoms with E-state index in [-0.39, 0.29) is 17.7 Å². The molecule has 4 aromatic rings. The number of nitrogens with zero attached hydrogens (tertiary/aromatic N) is 1. The number of benzene rings is 3. The molecule has 1 aliphatic rings. The van der Waals surface area contributed by atoms with Crippen molar-refractivity contribution in [2.45, 2.75) is 45.4 Å². The number of H-pyrrole nitrogens is 1. The van der Waals surface area contributed by atoms with Gasteiger partial charge in [0.2, 0.25) is 5.91 Å². The summed E-state index contributed by atoms with van der Waals surface area (Å²) in [4.78, 5) is 33.2. The number of hydrogen-bond donors (Lipinski definition) is 3. The number of anilines is 2. The lowest BCUT2D eigenvalue weighted by atomic mass is 9.99. The Morgan fingerprint density at radius 2 is 1.51 bits per heavy atom. The number of fused-ring (bicyclic) bond motifs is 1. The third-order valence-electron chi connectivity index (χ3n) is 6.71. The summed E-state index contributed by atoms with van der Waals surface area (Å²) in [5.41, 5.74) is 5.87. The van der Waals surface area contributed by atoms with Gasteiger partial charge in [-0.2, -0.15) is 0 Å². The van der Waals surface area contributed by atoms with E-state index in [2.05, 4.69) is 15.6 Å². The van der Waals surface area contributed by atoms with Gasteiger partial charge in [0.25, 0.3) is 5.91 Å². The Morgan fingerprint density at radius 1 is 0.829 bits per heavy atom. The van der Waals surface area contributed by atoms with Crippen LogP contribution in [0.15, 0.2) is 66.7 Å². The van der Waals surface area contributed by atoms with E-state index >= 15 is 0 Å². The molecule has 1 heterocycles. The van der Waals surface area contributed by atoms with Crippen LogP contribution in [0.5, 0.6) is 0 Å². The summed E-state index contributed by atoms with van der Waals surface area (Å²) < 4.78 is 0. The minimum absolute atomic E-state index is 0.107. The van der Waals surface area contributed by atoms with Crippen molar-refractivity contribution < 1.29 is 9.59 Å². The predicted octanol–water partition coefficient (Wildman–Crippen LogP) is 6.70. The Morgan fingerprint density at radius 3 is 2.23 bits per heavy atom. The lowest BCUT2D eigenvalue weighted by Crippen LogP contribution is -2.22. The molecule has 1 aromatic heterocycles. The Kier molecular flexibility index (Phi) is 6.62. The van der Waals surface area contributed by atoms with Crippen LogP contribution in [-0.2, 0) is 4.79 Å². The molecule has 0 spiro atoms. The second kappa shape index (κ2) is 10.1. The molecule has 0 bridgehead atoms.